The minimum Gasteiger partial charge on any atom is -0.334 e. The molecule has 0 aliphatic carbocycles. The molecule has 0 bridgehead atoms. The predicted octanol–water partition coefficient (Wildman–Crippen LogP) is 4.03. The van der Waals surface area contributed by atoms with Crippen molar-refractivity contribution in [3.63, 3.8) is 0 Å². The number of aromatic nitrogens is 2. The highest BCUT2D eigenvalue weighted by molar-refractivity contribution is 5.54. The molecule has 0 amide bonds. The first-order valence-electron chi connectivity index (χ1n) is 5.92. The van der Waals surface area contributed by atoms with Crippen LogP contribution in [0.3, 0.4) is 0 Å². The molecule has 0 fully saturated rings. The van der Waals surface area contributed by atoms with E-state index in [-0.39, 0.29) is 5.82 Å². The van der Waals surface area contributed by atoms with Crippen LogP contribution in [0, 0.1) is 5.82 Å². The number of hydrogen-bond donors (Lipinski definition) is 0. The van der Waals surface area contributed by atoms with Gasteiger partial charge in [0.15, 0.2) is 0 Å². The standard InChI is InChI=1S/C10H9FN2.C4H10/c1-13-7-6-12-10(13)8-2-4-9(11)5-3-8;1-3-4-2/h2-7H,1H3;3-4H2,1-2H3. The van der Waals surface area contributed by atoms with Gasteiger partial charge in [0.05, 0.1) is 0 Å². The Bertz CT molecular complexity index is 430. The van der Waals surface area contributed by atoms with Gasteiger partial charge in [-0.3, -0.25) is 0 Å². The lowest BCUT2D eigenvalue weighted by atomic mass is 10.2. The van der Waals surface area contributed by atoms with E-state index in [1.54, 1.807) is 18.3 Å². The largest absolute Gasteiger partial charge is 0.334 e. The third-order valence-electron chi connectivity index (χ3n) is 2.42. The van der Waals surface area contributed by atoms with Crippen molar-refractivity contribution >= 4 is 0 Å². The molecule has 0 radical (unpaired) electrons. The second kappa shape index (κ2) is 6.84. The number of benzene rings is 1. The van der Waals surface area contributed by atoms with Crippen molar-refractivity contribution in [2.24, 2.45) is 7.05 Å². The van der Waals surface area contributed by atoms with Crippen LogP contribution < -0.4 is 0 Å². The van der Waals surface area contributed by atoms with Crippen LogP contribution in [0.2, 0.25) is 0 Å². The molecule has 0 spiro atoms. The smallest absolute Gasteiger partial charge is 0.139 e. The molecule has 92 valence electrons. The average Bonchev–Trinajstić information content (AvgIpc) is 2.77. The number of unbranched alkanes of at least 4 members (excludes halogenated alkanes) is 1. The minimum atomic E-state index is -0.224. The molecule has 1 aromatic carbocycles. The Labute approximate surface area is 102 Å². The van der Waals surface area contributed by atoms with E-state index in [2.05, 4.69) is 18.8 Å². The summed E-state index contributed by atoms with van der Waals surface area (Å²) >= 11 is 0. The summed E-state index contributed by atoms with van der Waals surface area (Å²) in [4.78, 5) is 4.16. The van der Waals surface area contributed by atoms with Gasteiger partial charge in [-0.1, -0.05) is 26.7 Å². The van der Waals surface area contributed by atoms with E-state index >= 15 is 0 Å². The number of halogens is 1. The molecule has 17 heavy (non-hydrogen) atoms. The molecule has 0 N–H and O–H groups in total. The Morgan fingerprint density at radius 2 is 1.71 bits per heavy atom. The fourth-order valence-electron chi connectivity index (χ4n) is 1.24. The van der Waals surface area contributed by atoms with Crippen LogP contribution in [0.1, 0.15) is 26.7 Å². The van der Waals surface area contributed by atoms with E-state index < -0.39 is 0 Å². The van der Waals surface area contributed by atoms with Crippen molar-refractivity contribution in [3.8, 4) is 11.4 Å². The summed E-state index contributed by atoms with van der Waals surface area (Å²) in [6.45, 7) is 4.36. The highest BCUT2D eigenvalue weighted by Gasteiger charge is 2.01. The van der Waals surface area contributed by atoms with Crippen molar-refractivity contribution in [1.82, 2.24) is 9.55 Å². The highest BCUT2D eigenvalue weighted by atomic mass is 19.1. The molecule has 0 aliphatic rings. The van der Waals surface area contributed by atoms with E-state index in [1.807, 2.05) is 17.8 Å². The normalized spacial score (nSPS) is 9.65. The molecule has 0 saturated heterocycles. The summed E-state index contributed by atoms with van der Waals surface area (Å²) < 4.78 is 14.5. The van der Waals surface area contributed by atoms with Gasteiger partial charge < -0.3 is 4.57 Å². The van der Waals surface area contributed by atoms with E-state index in [0.717, 1.165) is 11.4 Å². The van der Waals surface area contributed by atoms with Crippen LogP contribution >= 0.6 is 0 Å². The Hall–Kier alpha value is -1.64. The summed E-state index contributed by atoms with van der Waals surface area (Å²) in [6.07, 6.45) is 6.22. The molecule has 3 heteroatoms. The molecule has 2 rings (SSSR count). The first kappa shape index (κ1) is 13.4. The summed E-state index contributed by atoms with van der Waals surface area (Å²) in [5.41, 5.74) is 0.925. The van der Waals surface area contributed by atoms with Crippen molar-refractivity contribution in [2.45, 2.75) is 26.7 Å². The molecule has 0 aliphatic heterocycles. The third kappa shape index (κ3) is 4.02. The summed E-state index contributed by atoms with van der Waals surface area (Å²) in [7, 11) is 1.91. The quantitative estimate of drug-likeness (QED) is 0.767. The van der Waals surface area contributed by atoms with Crippen LogP contribution in [-0.4, -0.2) is 9.55 Å². The maximum atomic E-state index is 12.6. The Morgan fingerprint density at radius 1 is 1.12 bits per heavy atom. The molecule has 0 atom stereocenters. The van der Waals surface area contributed by atoms with Crippen LogP contribution in [0.5, 0.6) is 0 Å². The lowest BCUT2D eigenvalue weighted by Gasteiger charge is -2.00. The highest BCUT2D eigenvalue weighted by Crippen LogP contribution is 2.16. The monoisotopic (exact) mass is 234 g/mol. The molecule has 2 aromatic rings. The van der Waals surface area contributed by atoms with Crippen molar-refractivity contribution < 1.29 is 4.39 Å². The van der Waals surface area contributed by atoms with Crippen LogP contribution in [0.15, 0.2) is 36.7 Å². The first-order chi connectivity index (χ1) is 8.19. The summed E-state index contributed by atoms with van der Waals surface area (Å²) in [5.74, 6) is 0.623. The van der Waals surface area contributed by atoms with Gasteiger partial charge in [0.25, 0.3) is 0 Å². The fraction of sp³-hybridized carbons (Fsp3) is 0.357. The van der Waals surface area contributed by atoms with Gasteiger partial charge in [-0.15, -0.1) is 0 Å². The van der Waals surface area contributed by atoms with E-state index in [0.29, 0.717) is 0 Å². The Morgan fingerprint density at radius 3 is 2.12 bits per heavy atom. The zero-order valence-electron chi connectivity index (χ0n) is 10.7. The molecule has 0 unspecified atom stereocenters. The van der Waals surface area contributed by atoms with Gasteiger partial charge in [-0.2, -0.15) is 0 Å². The number of aryl methyl sites for hydroxylation is 1. The Kier molecular flexibility index (Phi) is 5.40. The van der Waals surface area contributed by atoms with Gasteiger partial charge in [0.1, 0.15) is 11.6 Å². The van der Waals surface area contributed by atoms with Crippen molar-refractivity contribution in [3.05, 3.63) is 42.5 Å². The second-order valence-electron chi connectivity index (χ2n) is 3.87. The molecule has 2 nitrogen and oxygen atoms in total. The number of rotatable bonds is 2. The maximum Gasteiger partial charge on any atom is 0.139 e. The van der Waals surface area contributed by atoms with Crippen molar-refractivity contribution in [1.29, 1.82) is 0 Å². The fourth-order valence-corrected chi connectivity index (χ4v) is 1.24. The second-order valence-corrected chi connectivity index (χ2v) is 3.87. The average molecular weight is 234 g/mol. The minimum absolute atomic E-state index is 0.224. The van der Waals surface area contributed by atoms with E-state index in [4.69, 9.17) is 0 Å². The molecule has 0 saturated carbocycles. The van der Waals surface area contributed by atoms with Crippen LogP contribution in [0.25, 0.3) is 11.4 Å². The SMILES string of the molecule is CCCC.Cn1ccnc1-c1ccc(F)cc1. The van der Waals surface area contributed by atoms with Crippen molar-refractivity contribution in [2.75, 3.05) is 0 Å². The van der Waals surface area contributed by atoms with E-state index in [1.165, 1.54) is 25.0 Å². The van der Waals surface area contributed by atoms with Crippen LogP contribution in [0.4, 0.5) is 4.39 Å². The zero-order valence-corrected chi connectivity index (χ0v) is 10.7. The number of nitrogens with zero attached hydrogens (tertiary/aromatic N) is 2. The lowest BCUT2D eigenvalue weighted by Crippen LogP contribution is -1.90. The van der Waals surface area contributed by atoms with E-state index in [9.17, 15) is 4.39 Å². The maximum absolute atomic E-state index is 12.6. The van der Waals surface area contributed by atoms with Gasteiger partial charge in [0.2, 0.25) is 0 Å². The van der Waals surface area contributed by atoms with Crippen LogP contribution in [-0.2, 0) is 7.05 Å². The summed E-state index contributed by atoms with van der Waals surface area (Å²) in [5, 5.41) is 0. The zero-order chi connectivity index (χ0) is 12.7. The molecule has 1 aromatic heterocycles. The first-order valence-corrected chi connectivity index (χ1v) is 5.92. The number of imidazole rings is 1. The molecular weight excluding hydrogens is 215 g/mol. The van der Waals surface area contributed by atoms with Gasteiger partial charge in [0, 0.05) is 25.0 Å². The van der Waals surface area contributed by atoms with Gasteiger partial charge in [-0.05, 0) is 24.3 Å². The predicted molar refractivity (Wildman–Crippen MR) is 69.2 cm³/mol. The van der Waals surface area contributed by atoms with Gasteiger partial charge >= 0.3 is 0 Å². The third-order valence-corrected chi connectivity index (χ3v) is 2.42. The molecular formula is C14H19FN2. The topological polar surface area (TPSA) is 17.8 Å². The lowest BCUT2D eigenvalue weighted by molar-refractivity contribution is 0.628. The summed E-state index contributed by atoms with van der Waals surface area (Å²) in [6, 6.07) is 6.31. The number of hydrogen-bond acceptors (Lipinski definition) is 1. The Balaban J connectivity index is 0.000000317. The molecule has 1 heterocycles. The van der Waals surface area contributed by atoms with Gasteiger partial charge in [-0.25, -0.2) is 9.37 Å².